The molecule has 1 unspecified atom stereocenters. The predicted octanol–water partition coefficient (Wildman–Crippen LogP) is 3.97. The van der Waals surface area contributed by atoms with Crippen LogP contribution in [0.2, 0.25) is 0 Å². The molecular weight excluding hydrogens is 416 g/mol. The van der Waals surface area contributed by atoms with Crippen molar-refractivity contribution < 1.29 is 19.6 Å². The van der Waals surface area contributed by atoms with E-state index in [1.165, 1.54) is 23.5 Å². The maximum absolute atomic E-state index is 11.2. The zero-order chi connectivity index (χ0) is 22.0. The number of aliphatic hydroxyl groups excluding tert-OH is 1. The first-order chi connectivity index (χ1) is 15.0. The van der Waals surface area contributed by atoms with E-state index in [4.69, 9.17) is 0 Å². The van der Waals surface area contributed by atoms with E-state index in [0.29, 0.717) is 32.3 Å². The molecule has 0 aliphatic heterocycles. The van der Waals surface area contributed by atoms with E-state index in [1.807, 2.05) is 38.2 Å². The van der Waals surface area contributed by atoms with Crippen LogP contribution in [-0.2, 0) is 7.05 Å². The topological polar surface area (TPSA) is 124 Å². The molecule has 0 radical (unpaired) electrons. The maximum atomic E-state index is 11.2. The van der Waals surface area contributed by atoms with E-state index in [2.05, 4.69) is 25.5 Å². The second-order valence-corrected chi connectivity index (χ2v) is 7.94. The molecule has 1 atom stereocenters. The van der Waals surface area contributed by atoms with Gasteiger partial charge in [0.15, 0.2) is 10.3 Å². The number of carbonyl (C=O) groups is 1. The second-order valence-electron chi connectivity index (χ2n) is 6.98. The lowest BCUT2D eigenvalue weighted by Gasteiger charge is -2.15. The summed E-state index contributed by atoms with van der Waals surface area (Å²) in [5.74, 6) is -1.00. The Morgan fingerprint density at radius 1 is 1.16 bits per heavy atom. The third-order valence-corrected chi connectivity index (χ3v) is 5.86. The number of aliphatic hydroxyl groups is 1. The van der Waals surface area contributed by atoms with Crippen LogP contribution >= 0.6 is 11.3 Å². The van der Waals surface area contributed by atoms with Crippen LogP contribution < -0.4 is 9.88 Å². The highest BCUT2D eigenvalue weighted by Crippen LogP contribution is 2.27. The van der Waals surface area contributed by atoms with E-state index in [0.717, 1.165) is 12.1 Å². The summed E-state index contributed by atoms with van der Waals surface area (Å²) in [6.45, 7) is 2.09. The summed E-state index contributed by atoms with van der Waals surface area (Å²) in [5.41, 5.74) is 3.52. The number of aromatic nitrogens is 3. The minimum Gasteiger partial charge on any atom is -0.478 e. The van der Waals surface area contributed by atoms with Gasteiger partial charge in [-0.05, 0) is 60.2 Å². The third-order valence-electron chi connectivity index (χ3n) is 4.86. The molecule has 31 heavy (non-hydrogen) atoms. The van der Waals surface area contributed by atoms with Crippen LogP contribution in [0.1, 0.15) is 23.7 Å². The maximum Gasteiger partial charge on any atom is 0.347 e. The number of benzene rings is 2. The molecule has 0 aliphatic carbocycles. The normalized spacial score (nSPS) is 12.6. The molecule has 2 heterocycles. The van der Waals surface area contributed by atoms with Crippen molar-refractivity contribution in [2.45, 2.75) is 19.4 Å². The fourth-order valence-electron chi connectivity index (χ4n) is 3.02. The Hall–Kier alpha value is -3.50. The molecule has 4 rings (SSSR count). The van der Waals surface area contributed by atoms with Gasteiger partial charge in [-0.2, -0.15) is 0 Å². The number of hydrogen-bond donors (Lipinski definition) is 3. The number of aromatic carboxylic acids is 1. The fourth-order valence-corrected chi connectivity index (χ4v) is 3.92. The number of azo groups is 1. The number of hydrogen-bond acceptors (Lipinski definition) is 8. The molecule has 0 fully saturated rings. The van der Waals surface area contributed by atoms with Gasteiger partial charge in [-0.25, -0.2) is 14.3 Å². The smallest absolute Gasteiger partial charge is 0.347 e. The largest absolute Gasteiger partial charge is 0.478 e. The van der Waals surface area contributed by atoms with Gasteiger partial charge in [-0.1, -0.05) is 17.0 Å². The third kappa shape index (κ3) is 4.35. The van der Waals surface area contributed by atoms with E-state index in [1.54, 1.807) is 10.6 Å². The standard InChI is InChI=1S/C21H20N6O3S/c1-3-13(11-28)22-14-5-7-15(8-6-14)25-26-21-27(2)18-19(31-21)24-16-9-4-12(20(29)30)10-17(16)23-18/h4-10,13,28H,3,11H2,1-2H3,(H,29,30)/p+1. The van der Waals surface area contributed by atoms with Crippen LogP contribution in [0.25, 0.3) is 21.5 Å². The number of fused-ring (bicyclic) bond motifs is 2. The molecule has 0 amide bonds. The lowest BCUT2D eigenvalue weighted by molar-refractivity contribution is -0.629. The quantitative estimate of drug-likeness (QED) is 0.297. The highest BCUT2D eigenvalue weighted by molar-refractivity contribution is 7.20. The van der Waals surface area contributed by atoms with Crippen molar-refractivity contribution in [3.63, 3.8) is 0 Å². The van der Waals surface area contributed by atoms with Crippen LogP contribution in [0.5, 0.6) is 0 Å². The van der Waals surface area contributed by atoms with Gasteiger partial charge in [0, 0.05) is 16.8 Å². The summed E-state index contributed by atoms with van der Waals surface area (Å²) >= 11 is 1.36. The summed E-state index contributed by atoms with van der Waals surface area (Å²) in [4.78, 5) is 21.1. The molecule has 0 saturated heterocycles. The van der Waals surface area contributed by atoms with Gasteiger partial charge >= 0.3 is 16.7 Å². The molecule has 2 aromatic heterocycles. The highest BCUT2D eigenvalue weighted by atomic mass is 32.1. The van der Waals surface area contributed by atoms with Gasteiger partial charge in [0.05, 0.1) is 19.2 Å². The van der Waals surface area contributed by atoms with Gasteiger partial charge in [-0.15, -0.1) is 0 Å². The number of nitrogens with zero attached hydrogens (tertiary/aromatic N) is 5. The van der Waals surface area contributed by atoms with E-state index >= 15 is 0 Å². The summed E-state index contributed by atoms with van der Waals surface area (Å²) < 4.78 is 1.78. The number of thiazole rings is 1. The minimum absolute atomic E-state index is 0.0205. The molecular formula is C21H21N6O3S+. The van der Waals surface area contributed by atoms with Crippen LogP contribution in [-0.4, -0.2) is 38.8 Å². The number of anilines is 1. The van der Waals surface area contributed by atoms with Gasteiger partial charge in [-0.3, -0.25) is 0 Å². The van der Waals surface area contributed by atoms with E-state index < -0.39 is 5.97 Å². The first-order valence-corrected chi connectivity index (χ1v) is 10.5. The van der Waals surface area contributed by atoms with Crippen molar-refractivity contribution in [3.05, 3.63) is 48.0 Å². The number of nitrogens with one attached hydrogen (secondary N) is 1. The zero-order valence-corrected chi connectivity index (χ0v) is 17.8. The Kier molecular flexibility index (Phi) is 5.83. The van der Waals surface area contributed by atoms with Gasteiger partial charge in [0.2, 0.25) is 0 Å². The van der Waals surface area contributed by atoms with Crippen molar-refractivity contribution in [2.24, 2.45) is 17.3 Å². The number of carboxylic acid groups (broad SMARTS) is 1. The number of carboxylic acids is 1. The monoisotopic (exact) mass is 437 g/mol. The Balaban J connectivity index is 1.60. The first-order valence-electron chi connectivity index (χ1n) is 9.71. The van der Waals surface area contributed by atoms with E-state index in [-0.39, 0.29) is 18.2 Å². The summed E-state index contributed by atoms with van der Waals surface area (Å²) in [6, 6.07) is 12.2. The molecule has 0 saturated carbocycles. The van der Waals surface area contributed by atoms with Gasteiger partial charge in [0.25, 0.3) is 0 Å². The first kappa shape index (κ1) is 20.8. The summed E-state index contributed by atoms with van der Waals surface area (Å²) in [7, 11) is 1.82. The summed E-state index contributed by atoms with van der Waals surface area (Å²) in [5, 5.41) is 31.0. The Morgan fingerprint density at radius 2 is 1.94 bits per heavy atom. The Bertz CT molecular complexity index is 1280. The lowest BCUT2D eigenvalue weighted by atomic mass is 10.2. The number of aryl methyl sites for hydroxylation is 1. The van der Waals surface area contributed by atoms with Crippen molar-refractivity contribution in [1.29, 1.82) is 0 Å². The molecule has 3 N–H and O–H groups in total. The Morgan fingerprint density at radius 3 is 2.61 bits per heavy atom. The van der Waals surface area contributed by atoms with Crippen molar-refractivity contribution in [2.75, 3.05) is 11.9 Å². The van der Waals surface area contributed by atoms with Crippen molar-refractivity contribution in [3.8, 4) is 0 Å². The van der Waals surface area contributed by atoms with Crippen LogP contribution in [0.4, 0.5) is 16.5 Å². The average molecular weight is 438 g/mol. The zero-order valence-electron chi connectivity index (χ0n) is 17.0. The molecule has 2 aromatic carbocycles. The number of rotatable bonds is 7. The Labute approximate surface area is 181 Å². The fraction of sp³-hybridized carbons (Fsp3) is 0.238. The molecule has 0 spiro atoms. The summed E-state index contributed by atoms with van der Waals surface area (Å²) in [6.07, 6.45) is 0.828. The molecule has 158 valence electrons. The van der Waals surface area contributed by atoms with E-state index in [9.17, 15) is 15.0 Å². The van der Waals surface area contributed by atoms with Crippen molar-refractivity contribution in [1.82, 2.24) is 9.97 Å². The average Bonchev–Trinajstić information content (AvgIpc) is 3.09. The predicted molar refractivity (Wildman–Crippen MR) is 118 cm³/mol. The second kappa shape index (κ2) is 8.70. The lowest BCUT2D eigenvalue weighted by Crippen LogP contribution is -2.26. The molecule has 4 aromatic rings. The van der Waals surface area contributed by atoms with Crippen LogP contribution in [0, 0.1) is 0 Å². The molecule has 10 heteroatoms. The van der Waals surface area contributed by atoms with Crippen LogP contribution in [0.3, 0.4) is 0 Å². The van der Waals surface area contributed by atoms with Crippen LogP contribution in [0.15, 0.2) is 52.7 Å². The molecule has 9 nitrogen and oxygen atoms in total. The van der Waals surface area contributed by atoms with Crippen molar-refractivity contribution >= 4 is 55.3 Å². The molecule has 0 aliphatic rings. The van der Waals surface area contributed by atoms with Gasteiger partial charge in [0.1, 0.15) is 11.2 Å². The minimum atomic E-state index is -1.00. The van der Waals surface area contributed by atoms with Gasteiger partial charge < -0.3 is 15.5 Å². The molecule has 0 bridgehead atoms. The SMILES string of the molecule is CCC(CO)Nc1ccc(N=Nc2sc3nc4ccc(C(=O)O)cc4nc3[n+]2C)cc1. The highest BCUT2D eigenvalue weighted by Gasteiger charge is 2.20.